The third-order valence-electron chi connectivity index (χ3n) is 4.82. The smallest absolute Gasteiger partial charge is 0.374 e. The Labute approximate surface area is 151 Å². The Kier molecular flexibility index (Phi) is 4.11. The number of nitrogens with zero attached hydrogens (tertiary/aromatic N) is 3. The van der Waals surface area contributed by atoms with Crippen LogP contribution in [0.3, 0.4) is 0 Å². The second kappa shape index (κ2) is 6.44. The molecule has 1 aliphatic rings. The van der Waals surface area contributed by atoms with Crippen LogP contribution in [0.25, 0.3) is 11.3 Å². The highest BCUT2D eigenvalue weighted by Gasteiger charge is 2.30. The summed E-state index contributed by atoms with van der Waals surface area (Å²) in [5.74, 6) is 0.703. The Hall–Kier alpha value is -2.89. The zero-order valence-electron chi connectivity index (χ0n) is 15.2. The summed E-state index contributed by atoms with van der Waals surface area (Å²) < 4.78 is 12.9. The number of carbonyl (C=O) groups excluding carboxylic acids is 1. The Morgan fingerprint density at radius 3 is 2.96 bits per heavy atom. The number of aromatic nitrogens is 3. The molecule has 26 heavy (non-hydrogen) atoms. The third-order valence-corrected chi connectivity index (χ3v) is 4.82. The second-order valence-electron chi connectivity index (χ2n) is 6.52. The molecule has 6 nitrogen and oxygen atoms in total. The van der Waals surface area contributed by atoms with Gasteiger partial charge in [0.25, 0.3) is 0 Å². The number of hydrogen-bond acceptors (Lipinski definition) is 5. The van der Waals surface area contributed by atoms with Crippen LogP contribution < -0.4 is 0 Å². The van der Waals surface area contributed by atoms with Gasteiger partial charge >= 0.3 is 5.97 Å². The van der Waals surface area contributed by atoms with Gasteiger partial charge in [0.05, 0.1) is 18.8 Å². The molecule has 3 heterocycles. The van der Waals surface area contributed by atoms with E-state index in [1.54, 1.807) is 13.1 Å². The molecule has 0 atom stereocenters. The van der Waals surface area contributed by atoms with Crippen molar-refractivity contribution in [1.29, 1.82) is 0 Å². The summed E-state index contributed by atoms with van der Waals surface area (Å²) in [6.45, 7) is 6.69. The normalized spacial score (nSPS) is 12.6. The molecule has 3 aromatic heterocycles. The maximum atomic E-state index is 12.1. The highest BCUT2D eigenvalue weighted by atomic mass is 16.5. The molecule has 0 aliphatic heterocycles. The molecule has 0 radical (unpaired) electrons. The number of ether oxygens (including phenoxy) is 1. The maximum Gasteiger partial charge on any atom is 0.374 e. The van der Waals surface area contributed by atoms with E-state index in [1.807, 2.05) is 24.6 Å². The van der Waals surface area contributed by atoms with Crippen molar-refractivity contribution in [3.63, 3.8) is 0 Å². The molecule has 0 saturated heterocycles. The van der Waals surface area contributed by atoms with Crippen LogP contribution in [0.1, 0.15) is 45.6 Å². The molecule has 134 valence electrons. The molecule has 0 saturated carbocycles. The van der Waals surface area contributed by atoms with Crippen LogP contribution in [0.15, 0.2) is 28.9 Å². The van der Waals surface area contributed by atoms with Crippen molar-refractivity contribution in [2.45, 2.75) is 40.2 Å². The number of fused-ring (bicyclic) bond motifs is 3. The molecule has 0 bridgehead atoms. The summed E-state index contributed by atoms with van der Waals surface area (Å²) in [7, 11) is 0. The fraction of sp³-hybridized carbons (Fsp3) is 0.350. The number of pyridine rings is 1. The largest absolute Gasteiger partial charge is 0.460 e. The van der Waals surface area contributed by atoms with E-state index in [0.717, 1.165) is 46.7 Å². The first-order chi connectivity index (χ1) is 12.6. The Balaban J connectivity index is 1.71. The Morgan fingerprint density at radius 1 is 1.35 bits per heavy atom. The molecule has 0 N–H and O–H groups in total. The summed E-state index contributed by atoms with van der Waals surface area (Å²) in [5.41, 5.74) is 5.98. The molecule has 0 aromatic carbocycles. The predicted octanol–water partition coefficient (Wildman–Crippen LogP) is 3.48. The second-order valence-corrected chi connectivity index (χ2v) is 6.52. The number of carbonyl (C=O) groups is 1. The van der Waals surface area contributed by atoms with Gasteiger partial charge in [0.1, 0.15) is 5.76 Å². The molecule has 6 heteroatoms. The topological polar surface area (TPSA) is 70.2 Å². The first-order valence-electron chi connectivity index (χ1n) is 8.85. The van der Waals surface area contributed by atoms with Crippen LogP contribution in [-0.2, 0) is 24.1 Å². The Morgan fingerprint density at radius 2 is 2.19 bits per heavy atom. The maximum absolute atomic E-state index is 12.1. The highest BCUT2D eigenvalue weighted by molar-refractivity contribution is 5.91. The van der Waals surface area contributed by atoms with Crippen molar-refractivity contribution in [3.8, 4) is 11.3 Å². The van der Waals surface area contributed by atoms with Crippen molar-refractivity contribution in [2.75, 3.05) is 6.61 Å². The lowest BCUT2D eigenvalue weighted by atomic mass is 9.94. The molecule has 0 fully saturated rings. The number of aryl methyl sites for hydroxylation is 3. The molecule has 4 rings (SSSR count). The van der Waals surface area contributed by atoms with Crippen molar-refractivity contribution in [2.24, 2.45) is 0 Å². The van der Waals surface area contributed by atoms with E-state index < -0.39 is 5.97 Å². The van der Waals surface area contributed by atoms with Crippen LogP contribution in [0.2, 0.25) is 0 Å². The van der Waals surface area contributed by atoms with Gasteiger partial charge in [-0.1, -0.05) is 6.07 Å². The minimum atomic E-state index is -0.411. The standard InChI is InChI=1S/C20H21N3O3/c1-4-25-20(24)19-12(2)17-16(26-19)8-7-15-11-23(22-18(15)17)10-14-6-5-9-21-13(14)3/h5-6,9,11H,4,7-8,10H2,1-3H3. The van der Waals surface area contributed by atoms with E-state index in [1.165, 1.54) is 5.56 Å². The lowest BCUT2D eigenvalue weighted by Gasteiger charge is -2.09. The molecule has 0 spiro atoms. The van der Waals surface area contributed by atoms with Gasteiger partial charge in [0, 0.05) is 35.6 Å². The van der Waals surface area contributed by atoms with Gasteiger partial charge < -0.3 is 9.15 Å². The fourth-order valence-corrected chi connectivity index (χ4v) is 3.49. The van der Waals surface area contributed by atoms with Gasteiger partial charge in [-0.25, -0.2) is 4.79 Å². The molecule has 3 aromatic rings. The van der Waals surface area contributed by atoms with Crippen LogP contribution >= 0.6 is 0 Å². The van der Waals surface area contributed by atoms with Gasteiger partial charge in [-0.3, -0.25) is 9.67 Å². The number of hydrogen-bond donors (Lipinski definition) is 0. The quantitative estimate of drug-likeness (QED) is 0.673. The van der Waals surface area contributed by atoms with Crippen molar-refractivity contribution >= 4 is 5.97 Å². The summed E-state index contributed by atoms with van der Waals surface area (Å²) in [5, 5.41) is 4.78. The van der Waals surface area contributed by atoms with Crippen LogP contribution in [0.5, 0.6) is 0 Å². The average molecular weight is 351 g/mol. The molecule has 1 aliphatic carbocycles. The van der Waals surface area contributed by atoms with Gasteiger partial charge in [0.2, 0.25) is 5.76 Å². The summed E-state index contributed by atoms with van der Waals surface area (Å²) >= 11 is 0. The monoisotopic (exact) mass is 351 g/mol. The molecular weight excluding hydrogens is 330 g/mol. The average Bonchev–Trinajstić information content (AvgIpc) is 3.17. The lowest BCUT2D eigenvalue weighted by Crippen LogP contribution is -2.05. The van der Waals surface area contributed by atoms with Crippen molar-refractivity contribution < 1.29 is 13.9 Å². The van der Waals surface area contributed by atoms with Crippen LogP contribution in [-0.4, -0.2) is 27.3 Å². The van der Waals surface area contributed by atoms with Gasteiger partial charge in [0.15, 0.2) is 0 Å². The molecule has 0 amide bonds. The van der Waals surface area contributed by atoms with E-state index in [4.69, 9.17) is 14.3 Å². The number of furan rings is 1. The van der Waals surface area contributed by atoms with Gasteiger partial charge in [-0.2, -0.15) is 5.10 Å². The minimum Gasteiger partial charge on any atom is -0.460 e. The summed E-state index contributed by atoms with van der Waals surface area (Å²) in [4.78, 5) is 16.5. The fourth-order valence-electron chi connectivity index (χ4n) is 3.49. The van der Waals surface area contributed by atoms with Crippen molar-refractivity contribution in [1.82, 2.24) is 14.8 Å². The number of rotatable bonds is 4. The SMILES string of the molecule is CCOC(=O)c1oc2c(c1C)-c1nn(Cc3cccnc3C)cc1CC2. The zero-order valence-corrected chi connectivity index (χ0v) is 15.2. The summed E-state index contributed by atoms with van der Waals surface area (Å²) in [6, 6.07) is 4.01. The minimum absolute atomic E-state index is 0.294. The van der Waals surface area contributed by atoms with Crippen LogP contribution in [0, 0.1) is 13.8 Å². The first-order valence-corrected chi connectivity index (χ1v) is 8.85. The third kappa shape index (κ3) is 2.71. The van der Waals surface area contributed by atoms with Gasteiger partial charge in [-0.05, 0) is 44.4 Å². The predicted molar refractivity (Wildman–Crippen MR) is 96.1 cm³/mol. The molecule has 0 unspecified atom stereocenters. The Bertz CT molecular complexity index is 984. The van der Waals surface area contributed by atoms with E-state index in [9.17, 15) is 4.79 Å². The highest BCUT2D eigenvalue weighted by Crippen LogP contribution is 2.38. The summed E-state index contributed by atoms with van der Waals surface area (Å²) in [6.07, 6.45) is 5.50. The van der Waals surface area contributed by atoms with E-state index >= 15 is 0 Å². The zero-order chi connectivity index (χ0) is 18.3. The van der Waals surface area contributed by atoms with Crippen molar-refractivity contribution in [3.05, 3.63) is 58.4 Å². The lowest BCUT2D eigenvalue weighted by molar-refractivity contribution is 0.0487. The van der Waals surface area contributed by atoms with E-state index in [0.29, 0.717) is 18.9 Å². The first kappa shape index (κ1) is 16.6. The van der Waals surface area contributed by atoms with Crippen LogP contribution in [0.4, 0.5) is 0 Å². The van der Waals surface area contributed by atoms with Gasteiger partial charge in [-0.15, -0.1) is 0 Å². The number of esters is 1. The molecular formula is C20H21N3O3. The van der Waals surface area contributed by atoms with E-state index in [-0.39, 0.29) is 0 Å². The van der Waals surface area contributed by atoms with E-state index in [2.05, 4.69) is 17.2 Å².